The van der Waals surface area contributed by atoms with E-state index in [2.05, 4.69) is 34.9 Å². The van der Waals surface area contributed by atoms with Gasteiger partial charge in [-0.15, -0.1) is 0 Å². The maximum atomic E-state index is 5.82. The normalized spacial score (nSPS) is 21.0. The van der Waals surface area contributed by atoms with Gasteiger partial charge in [0, 0.05) is 37.4 Å². The molecule has 100 valence electrons. The summed E-state index contributed by atoms with van der Waals surface area (Å²) in [4.78, 5) is 9.37. The summed E-state index contributed by atoms with van der Waals surface area (Å²) >= 11 is 0. The molecule has 0 bridgehead atoms. The van der Waals surface area contributed by atoms with Crippen molar-refractivity contribution in [3.05, 3.63) is 23.4 Å². The highest BCUT2D eigenvalue weighted by Gasteiger charge is 2.23. The van der Waals surface area contributed by atoms with Crippen molar-refractivity contribution in [3.8, 4) is 0 Å². The Morgan fingerprint density at radius 3 is 2.94 bits per heavy atom. The summed E-state index contributed by atoms with van der Waals surface area (Å²) in [6.45, 7) is 4.89. The fraction of sp³-hybridized carbons (Fsp3) is 0.643. The van der Waals surface area contributed by atoms with Crippen LogP contribution in [0.1, 0.15) is 24.1 Å². The quantitative estimate of drug-likeness (QED) is 0.878. The number of aryl methyl sites for hydroxylation is 1. The van der Waals surface area contributed by atoms with Crippen LogP contribution in [0.2, 0.25) is 0 Å². The van der Waals surface area contributed by atoms with E-state index >= 15 is 0 Å². The third kappa shape index (κ3) is 2.82. The first-order chi connectivity index (χ1) is 8.61. The Kier molecular flexibility index (Phi) is 4.19. The first kappa shape index (κ1) is 13.3. The van der Waals surface area contributed by atoms with Gasteiger partial charge in [-0.05, 0) is 39.4 Å². The molecule has 1 unspecified atom stereocenters. The first-order valence-electron chi connectivity index (χ1n) is 6.69. The topological polar surface area (TPSA) is 45.4 Å². The minimum Gasteiger partial charge on any atom is -0.355 e. The summed E-state index contributed by atoms with van der Waals surface area (Å²) in [7, 11) is 4.33. The van der Waals surface area contributed by atoms with Crippen LogP contribution in [-0.2, 0) is 6.54 Å². The molecule has 0 saturated carbocycles. The second kappa shape index (κ2) is 5.67. The third-order valence-electron chi connectivity index (χ3n) is 3.80. The van der Waals surface area contributed by atoms with Gasteiger partial charge in [0.05, 0.1) is 0 Å². The zero-order chi connectivity index (χ0) is 13.1. The molecule has 4 nitrogen and oxygen atoms in total. The summed E-state index contributed by atoms with van der Waals surface area (Å²) < 4.78 is 0. The number of nitrogens with zero attached hydrogens (tertiary/aromatic N) is 3. The van der Waals surface area contributed by atoms with Gasteiger partial charge in [0.1, 0.15) is 5.82 Å². The molecule has 0 aliphatic carbocycles. The van der Waals surface area contributed by atoms with E-state index in [0.29, 0.717) is 12.6 Å². The average Bonchev–Trinajstić information content (AvgIpc) is 2.38. The Morgan fingerprint density at radius 2 is 2.28 bits per heavy atom. The van der Waals surface area contributed by atoms with Crippen molar-refractivity contribution >= 4 is 5.82 Å². The van der Waals surface area contributed by atoms with E-state index in [9.17, 15) is 0 Å². The summed E-state index contributed by atoms with van der Waals surface area (Å²) in [5, 5.41) is 0. The van der Waals surface area contributed by atoms with Crippen molar-refractivity contribution in [1.29, 1.82) is 0 Å². The number of hydrogen-bond donors (Lipinski definition) is 1. The number of pyridine rings is 1. The van der Waals surface area contributed by atoms with Crippen LogP contribution < -0.4 is 10.6 Å². The van der Waals surface area contributed by atoms with Gasteiger partial charge in [0.25, 0.3) is 0 Å². The van der Waals surface area contributed by atoms with Crippen molar-refractivity contribution in [2.24, 2.45) is 5.73 Å². The maximum Gasteiger partial charge on any atom is 0.133 e. The lowest BCUT2D eigenvalue weighted by Crippen LogP contribution is -2.45. The fourth-order valence-electron chi connectivity index (χ4n) is 2.66. The SMILES string of the molecule is Cc1ccc(CN)c(N(C)C2CCCN(C)C2)n1. The number of piperidine rings is 1. The van der Waals surface area contributed by atoms with Crippen molar-refractivity contribution in [2.45, 2.75) is 32.4 Å². The largest absolute Gasteiger partial charge is 0.355 e. The second-order valence-corrected chi connectivity index (χ2v) is 5.31. The maximum absolute atomic E-state index is 5.82. The van der Waals surface area contributed by atoms with E-state index < -0.39 is 0 Å². The van der Waals surface area contributed by atoms with Crippen molar-refractivity contribution < 1.29 is 0 Å². The Hall–Kier alpha value is -1.13. The molecule has 2 rings (SSSR count). The molecule has 4 heteroatoms. The number of likely N-dealkylation sites (N-methyl/N-ethyl adjacent to an activating group) is 2. The van der Waals surface area contributed by atoms with E-state index in [1.807, 2.05) is 13.0 Å². The van der Waals surface area contributed by atoms with E-state index in [0.717, 1.165) is 23.6 Å². The number of nitrogens with two attached hydrogens (primary N) is 1. The van der Waals surface area contributed by atoms with Gasteiger partial charge in [0.2, 0.25) is 0 Å². The van der Waals surface area contributed by atoms with Crippen molar-refractivity contribution in [3.63, 3.8) is 0 Å². The van der Waals surface area contributed by atoms with Gasteiger partial charge >= 0.3 is 0 Å². The molecule has 1 saturated heterocycles. The Labute approximate surface area is 110 Å². The molecule has 18 heavy (non-hydrogen) atoms. The second-order valence-electron chi connectivity index (χ2n) is 5.31. The van der Waals surface area contributed by atoms with Gasteiger partial charge in [-0.1, -0.05) is 6.07 Å². The molecule has 0 aromatic carbocycles. The molecule has 0 amide bonds. The monoisotopic (exact) mass is 248 g/mol. The smallest absolute Gasteiger partial charge is 0.133 e. The summed E-state index contributed by atoms with van der Waals surface area (Å²) in [6.07, 6.45) is 2.50. The summed E-state index contributed by atoms with van der Waals surface area (Å²) in [5.41, 5.74) is 8.01. The number of rotatable bonds is 3. The molecule has 1 aliphatic rings. The van der Waals surface area contributed by atoms with Gasteiger partial charge < -0.3 is 15.5 Å². The zero-order valence-corrected chi connectivity index (χ0v) is 11.7. The van der Waals surface area contributed by atoms with Crippen molar-refractivity contribution in [1.82, 2.24) is 9.88 Å². The molecule has 1 aromatic heterocycles. The molecular formula is C14H24N4. The highest BCUT2D eigenvalue weighted by Crippen LogP contribution is 2.23. The Balaban J connectivity index is 2.21. The van der Waals surface area contributed by atoms with Crippen LogP contribution in [0.25, 0.3) is 0 Å². The molecule has 2 heterocycles. The average molecular weight is 248 g/mol. The Bertz CT molecular complexity index is 405. The molecule has 0 spiro atoms. The van der Waals surface area contributed by atoms with Crippen LogP contribution >= 0.6 is 0 Å². The molecule has 1 atom stereocenters. The number of likely N-dealkylation sites (tertiary alicyclic amines) is 1. The van der Waals surface area contributed by atoms with E-state index in [1.165, 1.54) is 19.4 Å². The van der Waals surface area contributed by atoms with Gasteiger partial charge in [-0.3, -0.25) is 0 Å². The summed E-state index contributed by atoms with van der Waals surface area (Å²) in [5.74, 6) is 1.05. The molecule has 1 fully saturated rings. The van der Waals surface area contributed by atoms with E-state index in [-0.39, 0.29) is 0 Å². The third-order valence-corrected chi connectivity index (χ3v) is 3.80. The fourth-order valence-corrected chi connectivity index (χ4v) is 2.66. The van der Waals surface area contributed by atoms with Crippen LogP contribution in [-0.4, -0.2) is 43.1 Å². The number of aromatic nitrogens is 1. The lowest BCUT2D eigenvalue weighted by molar-refractivity contribution is 0.247. The predicted octanol–water partition coefficient (Wildman–Crippen LogP) is 1.38. The Morgan fingerprint density at radius 1 is 1.50 bits per heavy atom. The highest BCUT2D eigenvalue weighted by molar-refractivity contribution is 5.48. The van der Waals surface area contributed by atoms with Crippen LogP contribution in [0.5, 0.6) is 0 Å². The van der Waals surface area contributed by atoms with E-state index in [1.54, 1.807) is 0 Å². The van der Waals surface area contributed by atoms with Crippen LogP contribution in [0.3, 0.4) is 0 Å². The molecule has 1 aliphatic heterocycles. The number of hydrogen-bond acceptors (Lipinski definition) is 4. The van der Waals surface area contributed by atoms with Crippen LogP contribution in [0.15, 0.2) is 12.1 Å². The van der Waals surface area contributed by atoms with Crippen molar-refractivity contribution in [2.75, 3.05) is 32.1 Å². The highest BCUT2D eigenvalue weighted by atomic mass is 15.2. The standard InChI is InChI=1S/C14H24N4/c1-11-6-7-12(9-15)14(16-11)18(3)13-5-4-8-17(2)10-13/h6-7,13H,4-5,8-10,15H2,1-3H3. The zero-order valence-electron chi connectivity index (χ0n) is 11.7. The first-order valence-corrected chi connectivity index (χ1v) is 6.69. The van der Waals surface area contributed by atoms with Gasteiger partial charge in [-0.25, -0.2) is 4.98 Å². The molecule has 1 aromatic rings. The molecule has 0 radical (unpaired) electrons. The lowest BCUT2D eigenvalue weighted by Gasteiger charge is -2.37. The number of anilines is 1. The van der Waals surface area contributed by atoms with Gasteiger partial charge in [0.15, 0.2) is 0 Å². The van der Waals surface area contributed by atoms with Gasteiger partial charge in [-0.2, -0.15) is 0 Å². The minimum atomic E-state index is 0.545. The summed E-state index contributed by atoms with van der Waals surface area (Å²) in [6, 6.07) is 4.68. The predicted molar refractivity (Wildman–Crippen MR) is 75.8 cm³/mol. The minimum absolute atomic E-state index is 0.545. The van der Waals surface area contributed by atoms with Crippen LogP contribution in [0, 0.1) is 6.92 Å². The lowest BCUT2D eigenvalue weighted by atomic mass is 10.0. The van der Waals surface area contributed by atoms with Crippen LogP contribution in [0.4, 0.5) is 5.82 Å². The molecule has 2 N–H and O–H groups in total. The van der Waals surface area contributed by atoms with E-state index in [4.69, 9.17) is 5.73 Å². The molecular weight excluding hydrogens is 224 g/mol.